The largest absolute Gasteiger partial charge is 0.467 e. The Bertz CT molecular complexity index is 486. The summed E-state index contributed by atoms with van der Waals surface area (Å²) in [5, 5.41) is 10.4. The molecule has 17 heavy (non-hydrogen) atoms. The second kappa shape index (κ2) is 4.29. The van der Waals surface area contributed by atoms with Gasteiger partial charge in [0.2, 0.25) is 0 Å². The van der Waals surface area contributed by atoms with Gasteiger partial charge in [-0.25, -0.2) is 0 Å². The van der Waals surface area contributed by atoms with Gasteiger partial charge in [0.1, 0.15) is 6.10 Å². The zero-order chi connectivity index (χ0) is 11.8. The van der Waals surface area contributed by atoms with E-state index in [9.17, 15) is 5.11 Å². The van der Waals surface area contributed by atoms with Crippen molar-refractivity contribution in [3.05, 3.63) is 11.8 Å². The van der Waals surface area contributed by atoms with Crippen LogP contribution in [-0.2, 0) is 4.74 Å². The molecule has 1 aliphatic rings. The van der Waals surface area contributed by atoms with E-state index in [4.69, 9.17) is 9.47 Å². The Morgan fingerprint density at radius 3 is 3.12 bits per heavy atom. The number of fused-ring (bicyclic) bond motifs is 1. The Labute approximate surface area is 102 Å². The highest BCUT2D eigenvalue weighted by atomic mass is 32.1. The fourth-order valence-electron chi connectivity index (χ4n) is 1.57. The van der Waals surface area contributed by atoms with Crippen LogP contribution in [0.2, 0.25) is 0 Å². The molecule has 3 rings (SSSR count). The smallest absolute Gasteiger partial charge is 0.276 e. The van der Waals surface area contributed by atoms with Crippen molar-refractivity contribution in [1.29, 1.82) is 0 Å². The Hall–Kier alpha value is -1.11. The van der Waals surface area contributed by atoms with Gasteiger partial charge in [0.05, 0.1) is 10.4 Å². The van der Waals surface area contributed by atoms with Crippen molar-refractivity contribution in [1.82, 2.24) is 9.97 Å². The monoisotopic (exact) mass is 254 g/mol. The molecule has 1 unspecified atom stereocenters. The first kappa shape index (κ1) is 11.0. The zero-order valence-corrected chi connectivity index (χ0v) is 10.3. The van der Waals surface area contributed by atoms with E-state index in [1.165, 1.54) is 11.3 Å². The number of thiazole rings is 1. The SMILES string of the molecule is CCOC(O)c1cc2sc(OC3CC3)nc2[nH]1. The van der Waals surface area contributed by atoms with Crippen LogP contribution in [-0.4, -0.2) is 27.8 Å². The molecule has 0 aliphatic heterocycles. The third-order valence-electron chi connectivity index (χ3n) is 2.57. The Morgan fingerprint density at radius 2 is 2.47 bits per heavy atom. The molecule has 2 N–H and O–H groups in total. The molecule has 0 radical (unpaired) electrons. The van der Waals surface area contributed by atoms with Gasteiger partial charge >= 0.3 is 0 Å². The van der Waals surface area contributed by atoms with Gasteiger partial charge in [0.15, 0.2) is 11.9 Å². The molecule has 2 heterocycles. The van der Waals surface area contributed by atoms with E-state index in [0.717, 1.165) is 23.2 Å². The van der Waals surface area contributed by atoms with E-state index in [-0.39, 0.29) is 0 Å². The number of ether oxygens (including phenoxy) is 2. The first-order chi connectivity index (χ1) is 8.26. The summed E-state index contributed by atoms with van der Waals surface area (Å²) in [4.78, 5) is 7.37. The van der Waals surface area contributed by atoms with Crippen LogP contribution in [0.1, 0.15) is 31.7 Å². The van der Waals surface area contributed by atoms with Gasteiger partial charge in [-0.3, -0.25) is 0 Å². The van der Waals surface area contributed by atoms with Gasteiger partial charge in [-0.1, -0.05) is 11.3 Å². The first-order valence-corrected chi connectivity index (χ1v) is 6.53. The van der Waals surface area contributed by atoms with Crippen molar-refractivity contribution in [2.24, 2.45) is 0 Å². The van der Waals surface area contributed by atoms with Crippen LogP contribution < -0.4 is 4.74 Å². The lowest BCUT2D eigenvalue weighted by Crippen LogP contribution is -2.02. The Kier molecular flexibility index (Phi) is 2.78. The maximum Gasteiger partial charge on any atom is 0.276 e. The average Bonchev–Trinajstić information content (AvgIpc) is 2.86. The number of aliphatic hydroxyl groups excluding tert-OH is 1. The standard InChI is InChI=1S/C11H14N2O3S/c1-2-15-10(14)7-5-8-9(12-7)13-11(17-8)16-6-3-4-6/h5-6,10,12,14H,2-4H2,1H3. The van der Waals surface area contributed by atoms with Gasteiger partial charge in [-0.05, 0) is 25.8 Å². The van der Waals surface area contributed by atoms with Crippen molar-refractivity contribution < 1.29 is 14.6 Å². The van der Waals surface area contributed by atoms with Gasteiger partial charge in [0, 0.05) is 6.61 Å². The quantitative estimate of drug-likeness (QED) is 0.803. The molecule has 92 valence electrons. The normalized spacial score (nSPS) is 17.5. The number of nitrogens with one attached hydrogen (secondary N) is 1. The minimum atomic E-state index is -0.908. The van der Waals surface area contributed by atoms with Crippen molar-refractivity contribution in [2.45, 2.75) is 32.2 Å². The summed E-state index contributed by atoms with van der Waals surface area (Å²) in [5.41, 5.74) is 1.39. The fourth-order valence-corrected chi connectivity index (χ4v) is 2.46. The summed E-state index contributed by atoms with van der Waals surface area (Å²) in [7, 11) is 0. The predicted octanol–water partition coefficient (Wildman–Crippen LogP) is 2.19. The molecule has 0 spiro atoms. The average molecular weight is 254 g/mol. The molecular weight excluding hydrogens is 240 g/mol. The summed E-state index contributed by atoms with van der Waals surface area (Å²) in [6.45, 7) is 2.31. The summed E-state index contributed by atoms with van der Waals surface area (Å²) >= 11 is 1.49. The number of aliphatic hydroxyl groups is 1. The highest BCUT2D eigenvalue weighted by Crippen LogP contribution is 2.34. The van der Waals surface area contributed by atoms with E-state index < -0.39 is 6.29 Å². The van der Waals surface area contributed by atoms with Gasteiger partial charge < -0.3 is 19.6 Å². The minimum Gasteiger partial charge on any atom is -0.467 e. The second-order valence-corrected chi connectivity index (χ2v) is 5.04. The number of hydrogen-bond donors (Lipinski definition) is 2. The van der Waals surface area contributed by atoms with E-state index >= 15 is 0 Å². The Morgan fingerprint density at radius 1 is 1.65 bits per heavy atom. The lowest BCUT2D eigenvalue weighted by molar-refractivity contribution is -0.100. The summed E-state index contributed by atoms with van der Waals surface area (Å²) in [5.74, 6) is 0. The molecule has 1 atom stereocenters. The number of aromatic amines is 1. The minimum absolute atomic E-state index is 0.360. The molecule has 1 saturated carbocycles. The topological polar surface area (TPSA) is 67.4 Å². The third-order valence-corrected chi connectivity index (χ3v) is 3.46. The molecule has 0 saturated heterocycles. The predicted molar refractivity (Wildman–Crippen MR) is 64.2 cm³/mol. The first-order valence-electron chi connectivity index (χ1n) is 5.72. The number of aromatic nitrogens is 2. The maximum absolute atomic E-state index is 9.66. The van der Waals surface area contributed by atoms with Crippen LogP contribution in [0, 0.1) is 0 Å². The Balaban J connectivity index is 1.79. The van der Waals surface area contributed by atoms with E-state index in [0.29, 0.717) is 23.6 Å². The van der Waals surface area contributed by atoms with Crippen LogP contribution in [0.25, 0.3) is 10.3 Å². The van der Waals surface area contributed by atoms with Crippen molar-refractivity contribution in [2.75, 3.05) is 6.61 Å². The van der Waals surface area contributed by atoms with Gasteiger partial charge in [0.25, 0.3) is 5.19 Å². The molecular formula is C11H14N2O3S. The summed E-state index contributed by atoms with van der Waals surface area (Å²) < 4.78 is 11.7. The number of H-pyrrole nitrogens is 1. The van der Waals surface area contributed by atoms with Crippen LogP contribution in [0.15, 0.2) is 6.07 Å². The summed E-state index contributed by atoms with van der Waals surface area (Å²) in [6.07, 6.45) is 1.71. The molecule has 0 aromatic carbocycles. The van der Waals surface area contributed by atoms with Crippen molar-refractivity contribution in [3.63, 3.8) is 0 Å². The van der Waals surface area contributed by atoms with Crippen LogP contribution in [0.3, 0.4) is 0 Å². The van der Waals surface area contributed by atoms with Crippen LogP contribution in [0.4, 0.5) is 0 Å². The van der Waals surface area contributed by atoms with Crippen LogP contribution in [0.5, 0.6) is 5.19 Å². The van der Waals surface area contributed by atoms with Crippen molar-refractivity contribution >= 4 is 21.7 Å². The van der Waals surface area contributed by atoms with Crippen LogP contribution >= 0.6 is 11.3 Å². The maximum atomic E-state index is 9.66. The molecule has 0 amide bonds. The molecule has 1 aliphatic carbocycles. The van der Waals surface area contributed by atoms with Gasteiger partial charge in [-0.2, -0.15) is 4.98 Å². The molecule has 6 heteroatoms. The van der Waals surface area contributed by atoms with E-state index in [1.54, 1.807) is 0 Å². The van der Waals surface area contributed by atoms with Crippen molar-refractivity contribution in [3.8, 4) is 5.19 Å². The number of hydrogen-bond acceptors (Lipinski definition) is 5. The molecule has 2 aromatic heterocycles. The molecule has 2 aromatic rings. The van der Waals surface area contributed by atoms with E-state index in [2.05, 4.69) is 9.97 Å². The highest BCUT2D eigenvalue weighted by Gasteiger charge is 2.25. The zero-order valence-electron chi connectivity index (χ0n) is 9.47. The molecule has 5 nitrogen and oxygen atoms in total. The highest BCUT2D eigenvalue weighted by molar-refractivity contribution is 7.20. The lowest BCUT2D eigenvalue weighted by Gasteiger charge is -2.07. The summed E-state index contributed by atoms with van der Waals surface area (Å²) in [6, 6.07) is 1.85. The number of rotatable bonds is 5. The second-order valence-electron chi connectivity index (χ2n) is 4.04. The molecule has 0 bridgehead atoms. The fraction of sp³-hybridized carbons (Fsp3) is 0.545. The molecule has 1 fully saturated rings. The number of nitrogens with zero attached hydrogens (tertiary/aromatic N) is 1. The van der Waals surface area contributed by atoms with E-state index in [1.807, 2.05) is 13.0 Å². The van der Waals surface area contributed by atoms with Gasteiger partial charge in [-0.15, -0.1) is 0 Å². The lowest BCUT2D eigenvalue weighted by atomic mass is 10.4. The third kappa shape index (κ3) is 2.29.